The normalized spacial score (nSPS) is 29.7. The molecule has 1 aromatic carbocycles. The summed E-state index contributed by atoms with van der Waals surface area (Å²) in [6, 6.07) is 7.47. The Kier molecular flexibility index (Phi) is 3.90. The molecule has 3 rings (SSSR count). The zero-order valence-corrected chi connectivity index (χ0v) is 12.1. The SMILES string of the molecule is CCC1OCCC1CNC1CCc2ccc(C)cc21. The van der Waals surface area contributed by atoms with Crippen molar-refractivity contribution in [2.24, 2.45) is 5.92 Å². The number of nitrogens with one attached hydrogen (secondary N) is 1. The van der Waals surface area contributed by atoms with Crippen LogP contribution in [-0.4, -0.2) is 19.3 Å². The van der Waals surface area contributed by atoms with Crippen LogP contribution in [0.5, 0.6) is 0 Å². The van der Waals surface area contributed by atoms with Gasteiger partial charge in [-0.3, -0.25) is 0 Å². The minimum absolute atomic E-state index is 0.478. The van der Waals surface area contributed by atoms with E-state index in [1.807, 2.05) is 0 Å². The van der Waals surface area contributed by atoms with E-state index < -0.39 is 0 Å². The van der Waals surface area contributed by atoms with Crippen LogP contribution in [0.25, 0.3) is 0 Å². The van der Waals surface area contributed by atoms with Crippen molar-refractivity contribution in [3.05, 3.63) is 34.9 Å². The largest absolute Gasteiger partial charge is 0.378 e. The highest BCUT2D eigenvalue weighted by molar-refractivity contribution is 5.37. The van der Waals surface area contributed by atoms with E-state index in [0.717, 1.165) is 19.6 Å². The molecule has 1 saturated heterocycles. The molecule has 104 valence electrons. The average molecular weight is 259 g/mol. The topological polar surface area (TPSA) is 21.3 Å². The van der Waals surface area contributed by atoms with Crippen LogP contribution >= 0.6 is 0 Å². The third-order valence-electron chi connectivity index (χ3n) is 4.75. The standard InChI is InChI=1S/C17H25NO/c1-3-17-14(8-9-19-17)11-18-16-7-6-13-5-4-12(2)10-15(13)16/h4-5,10,14,16-18H,3,6-9,11H2,1-2H3. The number of benzene rings is 1. The fourth-order valence-electron chi connectivity index (χ4n) is 3.60. The van der Waals surface area contributed by atoms with Crippen LogP contribution in [0, 0.1) is 12.8 Å². The number of fused-ring (bicyclic) bond motifs is 1. The molecule has 0 spiro atoms. The van der Waals surface area contributed by atoms with Gasteiger partial charge in [-0.25, -0.2) is 0 Å². The van der Waals surface area contributed by atoms with Gasteiger partial charge in [-0.2, -0.15) is 0 Å². The van der Waals surface area contributed by atoms with E-state index in [1.165, 1.54) is 36.0 Å². The molecule has 1 aliphatic carbocycles. The highest BCUT2D eigenvalue weighted by Crippen LogP contribution is 2.32. The molecule has 1 aliphatic heterocycles. The Morgan fingerprint density at radius 2 is 2.21 bits per heavy atom. The maximum absolute atomic E-state index is 5.78. The van der Waals surface area contributed by atoms with Crippen molar-refractivity contribution in [1.82, 2.24) is 5.32 Å². The molecule has 0 saturated carbocycles. The van der Waals surface area contributed by atoms with Crippen molar-refractivity contribution < 1.29 is 4.74 Å². The van der Waals surface area contributed by atoms with Crippen LogP contribution in [0.2, 0.25) is 0 Å². The molecule has 2 aliphatic rings. The van der Waals surface area contributed by atoms with Crippen LogP contribution in [0.4, 0.5) is 0 Å². The number of aryl methyl sites for hydroxylation is 2. The first-order chi connectivity index (χ1) is 9.28. The van der Waals surface area contributed by atoms with Crippen LogP contribution in [-0.2, 0) is 11.2 Å². The maximum atomic E-state index is 5.78. The zero-order chi connectivity index (χ0) is 13.2. The van der Waals surface area contributed by atoms with Crippen LogP contribution in [0.1, 0.15) is 48.9 Å². The molecule has 1 aromatic rings. The van der Waals surface area contributed by atoms with Gasteiger partial charge in [0.25, 0.3) is 0 Å². The summed E-state index contributed by atoms with van der Waals surface area (Å²) in [4.78, 5) is 0. The van der Waals surface area contributed by atoms with Gasteiger partial charge in [0.15, 0.2) is 0 Å². The predicted octanol–water partition coefficient (Wildman–Crippen LogP) is 3.39. The Labute approximate surface area is 116 Å². The summed E-state index contributed by atoms with van der Waals surface area (Å²) < 4.78 is 5.78. The van der Waals surface area contributed by atoms with Crippen molar-refractivity contribution in [2.45, 2.75) is 51.7 Å². The molecule has 0 aromatic heterocycles. The molecule has 1 heterocycles. The summed E-state index contributed by atoms with van der Waals surface area (Å²) in [6.07, 6.45) is 5.33. The molecule has 1 fully saturated rings. The minimum Gasteiger partial charge on any atom is -0.378 e. The number of ether oxygens (including phenoxy) is 1. The van der Waals surface area contributed by atoms with E-state index in [4.69, 9.17) is 4.74 Å². The van der Waals surface area contributed by atoms with Gasteiger partial charge in [0.2, 0.25) is 0 Å². The number of hydrogen-bond donors (Lipinski definition) is 1. The van der Waals surface area contributed by atoms with Gasteiger partial charge in [0, 0.05) is 19.2 Å². The van der Waals surface area contributed by atoms with Gasteiger partial charge < -0.3 is 10.1 Å². The summed E-state index contributed by atoms with van der Waals surface area (Å²) in [5.74, 6) is 0.707. The number of hydrogen-bond acceptors (Lipinski definition) is 2. The Balaban J connectivity index is 1.62. The first kappa shape index (κ1) is 13.1. The highest BCUT2D eigenvalue weighted by Gasteiger charge is 2.28. The Hall–Kier alpha value is -0.860. The monoisotopic (exact) mass is 259 g/mol. The third kappa shape index (κ3) is 2.70. The van der Waals surface area contributed by atoms with Gasteiger partial charge in [0.1, 0.15) is 0 Å². The minimum atomic E-state index is 0.478. The Bertz CT molecular complexity index is 443. The second kappa shape index (κ2) is 5.64. The molecule has 2 nitrogen and oxygen atoms in total. The quantitative estimate of drug-likeness (QED) is 0.895. The molecular weight excluding hydrogens is 234 g/mol. The second-order valence-electron chi connectivity index (χ2n) is 6.07. The summed E-state index contributed by atoms with van der Waals surface area (Å²) in [7, 11) is 0. The molecule has 0 bridgehead atoms. The van der Waals surface area contributed by atoms with Gasteiger partial charge in [-0.1, -0.05) is 30.7 Å². The molecule has 0 amide bonds. The zero-order valence-electron chi connectivity index (χ0n) is 12.1. The second-order valence-corrected chi connectivity index (χ2v) is 6.07. The Morgan fingerprint density at radius 3 is 3.05 bits per heavy atom. The molecule has 0 radical (unpaired) electrons. The molecule has 3 unspecified atom stereocenters. The lowest BCUT2D eigenvalue weighted by Gasteiger charge is -2.21. The van der Waals surface area contributed by atoms with Gasteiger partial charge in [0.05, 0.1) is 6.10 Å². The van der Waals surface area contributed by atoms with Gasteiger partial charge in [-0.15, -0.1) is 0 Å². The van der Waals surface area contributed by atoms with Crippen molar-refractivity contribution in [3.63, 3.8) is 0 Å². The lowest BCUT2D eigenvalue weighted by atomic mass is 9.98. The highest BCUT2D eigenvalue weighted by atomic mass is 16.5. The molecular formula is C17H25NO. The summed E-state index contributed by atoms with van der Waals surface area (Å²) >= 11 is 0. The van der Waals surface area contributed by atoms with E-state index in [0.29, 0.717) is 18.1 Å². The third-order valence-corrected chi connectivity index (χ3v) is 4.75. The summed E-state index contributed by atoms with van der Waals surface area (Å²) in [5, 5.41) is 3.79. The summed E-state index contributed by atoms with van der Waals surface area (Å²) in [5.41, 5.74) is 4.45. The van der Waals surface area contributed by atoms with Crippen LogP contribution in [0.3, 0.4) is 0 Å². The van der Waals surface area contributed by atoms with Crippen molar-refractivity contribution in [3.8, 4) is 0 Å². The molecule has 19 heavy (non-hydrogen) atoms. The molecule has 3 atom stereocenters. The average Bonchev–Trinajstić information content (AvgIpc) is 3.02. The van der Waals surface area contributed by atoms with E-state index in [9.17, 15) is 0 Å². The van der Waals surface area contributed by atoms with E-state index >= 15 is 0 Å². The van der Waals surface area contributed by atoms with Crippen molar-refractivity contribution in [1.29, 1.82) is 0 Å². The lowest BCUT2D eigenvalue weighted by Crippen LogP contribution is -2.30. The van der Waals surface area contributed by atoms with E-state index in [1.54, 1.807) is 0 Å². The van der Waals surface area contributed by atoms with Crippen LogP contribution < -0.4 is 5.32 Å². The van der Waals surface area contributed by atoms with Crippen LogP contribution in [0.15, 0.2) is 18.2 Å². The lowest BCUT2D eigenvalue weighted by molar-refractivity contribution is 0.0866. The van der Waals surface area contributed by atoms with Gasteiger partial charge >= 0.3 is 0 Å². The number of rotatable bonds is 4. The predicted molar refractivity (Wildman–Crippen MR) is 78.4 cm³/mol. The Morgan fingerprint density at radius 1 is 1.32 bits per heavy atom. The fourth-order valence-corrected chi connectivity index (χ4v) is 3.60. The fraction of sp³-hybridized carbons (Fsp3) is 0.647. The first-order valence-electron chi connectivity index (χ1n) is 7.72. The maximum Gasteiger partial charge on any atom is 0.0613 e. The van der Waals surface area contributed by atoms with E-state index in [2.05, 4.69) is 37.4 Å². The van der Waals surface area contributed by atoms with Crippen molar-refractivity contribution in [2.75, 3.05) is 13.2 Å². The molecule has 1 N–H and O–H groups in total. The molecule has 2 heteroatoms. The van der Waals surface area contributed by atoms with Crippen molar-refractivity contribution >= 4 is 0 Å². The smallest absolute Gasteiger partial charge is 0.0613 e. The summed E-state index contributed by atoms with van der Waals surface area (Å²) in [6.45, 7) is 6.48. The van der Waals surface area contributed by atoms with E-state index in [-0.39, 0.29) is 0 Å². The first-order valence-corrected chi connectivity index (χ1v) is 7.72. The van der Waals surface area contributed by atoms with Gasteiger partial charge in [-0.05, 0) is 49.7 Å².